The van der Waals surface area contributed by atoms with Gasteiger partial charge >= 0.3 is 0 Å². The second-order valence-corrected chi connectivity index (χ2v) is 6.39. The molecule has 6 nitrogen and oxygen atoms in total. The van der Waals surface area contributed by atoms with Crippen molar-refractivity contribution in [2.75, 3.05) is 31.1 Å². The number of hydrogen-bond acceptors (Lipinski definition) is 4. The van der Waals surface area contributed by atoms with Crippen LogP contribution in [0.5, 0.6) is 0 Å². The summed E-state index contributed by atoms with van der Waals surface area (Å²) in [6, 6.07) is 14.0. The number of nitro benzene ring substituents is 1. The Morgan fingerprint density at radius 1 is 1.04 bits per heavy atom. The van der Waals surface area contributed by atoms with Crippen LogP contribution in [0.1, 0.15) is 10.4 Å². The number of carbonyl (C=O) groups is 1. The molecule has 1 aliphatic rings. The summed E-state index contributed by atoms with van der Waals surface area (Å²) in [4.78, 5) is 27.0. The third-order valence-electron chi connectivity index (χ3n) is 4.08. The first-order valence-corrected chi connectivity index (χ1v) is 8.39. The quantitative estimate of drug-likeness (QED) is 0.596. The Morgan fingerprint density at radius 2 is 1.75 bits per heavy atom. The third-order valence-corrected chi connectivity index (χ3v) is 4.77. The van der Waals surface area contributed by atoms with E-state index in [4.69, 9.17) is 0 Å². The number of rotatable bonds is 3. The lowest BCUT2D eigenvalue weighted by Crippen LogP contribution is -2.48. The Bertz CT molecular complexity index is 773. The lowest BCUT2D eigenvalue weighted by Gasteiger charge is -2.36. The van der Waals surface area contributed by atoms with E-state index in [-0.39, 0.29) is 11.6 Å². The van der Waals surface area contributed by atoms with Gasteiger partial charge in [0.2, 0.25) is 0 Å². The van der Waals surface area contributed by atoms with E-state index >= 15 is 0 Å². The van der Waals surface area contributed by atoms with Crippen LogP contribution >= 0.6 is 15.9 Å². The van der Waals surface area contributed by atoms with Gasteiger partial charge < -0.3 is 9.80 Å². The van der Waals surface area contributed by atoms with Gasteiger partial charge in [0.25, 0.3) is 11.6 Å². The highest BCUT2D eigenvalue weighted by Crippen LogP contribution is 2.23. The minimum absolute atomic E-state index is 0.00108. The molecule has 24 heavy (non-hydrogen) atoms. The largest absolute Gasteiger partial charge is 0.368 e. The minimum Gasteiger partial charge on any atom is -0.368 e. The van der Waals surface area contributed by atoms with Crippen molar-refractivity contribution < 1.29 is 9.72 Å². The second kappa shape index (κ2) is 7.00. The van der Waals surface area contributed by atoms with E-state index in [9.17, 15) is 14.9 Å². The topological polar surface area (TPSA) is 66.7 Å². The van der Waals surface area contributed by atoms with Crippen molar-refractivity contribution >= 4 is 33.2 Å². The number of benzene rings is 2. The molecule has 0 saturated carbocycles. The number of carbonyl (C=O) groups excluding carboxylic acids is 1. The molecule has 0 spiro atoms. The fourth-order valence-electron chi connectivity index (χ4n) is 2.78. The van der Waals surface area contributed by atoms with Gasteiger partial charge in [-0.3, -0.25) is 14.9 Å². The highest BCUT2D eigenvalue weighted by molar-refractivity contribution is 9.10. The summed E-state index contributed by atoms with van der Waals surface area (Å²) < 4.78 is 0.788. The van der Waals surface area contributed by atoms with E-state index in [0.29, 0.717) is 31.7 Å². The number of non-ortho nitro benzene ring substituents is 1. The number of piperazine rings is 1. The van der Waals surface area contributed by atoms with E-state index in [1.165, 1.54) is 6.07 Å². The lowest BCUT2D eigenvalue weighted by molar-refractivity contribution is -0.384. The third kappa shape index (κ3) is 3.41. The van der Waals surface area contributed by atoms with Gasteiger partial charge in [0.05, 0.1) is 10.5 Å². The monoisotopic (exact) mass is 389 g/mol. The van der Waals surface area contributed by atoms with Crippen molar-refractivity contribution in [3.63, 3.8) is 0 Å². The summed E-state index contributed by atoms with van der Waals surface area (Å²) in [5.41, 5.74) is 1.55. The van der Waals surface area contributed by atoms with Crippen LogP contribution in [0, 0.1) is 10.1 Å². The van der Waals surface area contributed by atoms with Crippen LogP contribution in [0.3, 0.4) is 0 Å². The first-order valence-electron chi connectivity index (χ1n) is 7.59. The lowest BCUT2D eigenvalue weighted by atomic mass is 10.1. The zero-order chi connectivity index (χ0) is 17.1. The average molecular weight is 390 g/mol. The summed E-state index contributed by atoms with van der Waals surface area (Å²) >= 11 is 3.41. The molecule has 7 heteroatoms. The molecule has 2 aromatic rings. The number of nitro groups is 1. The van der Waals surface area contributed by atoms with Gasteiger partial charge in [0.1, 0.15) is 0 Å². The molecule has 0 aliphatic carbocycles. The van der Waals surface area contributed by atoms with Crippen molar-refractivity contribution in [2.24, 2.45) is 0 Å². The highest BCUT2D eigenvalue weighted by atomic mass is 79.9. The number of anilines is 1. The molecule has 1 amide bonds. The maximum absolute atomic E-state index is 12.6. The predicted molar refractivity (Wildman–Crippen MR) is 95.4 cm³/mol. The van der Waals surface area contributed by atoms with E-state index < -0.39 is 4.92 Å². The fourth-order valence-corrected chi connectivity index (χ4v) is 3.23. The minimum atomic E-state index is -0.393. The van der Waals surface area contributed by atoms with Gasteiger partial charge in [-0.05, 0) is 34.1 Å². The van der Waals surface area contributed by atoms with Crippen LogP contribution in [-0.2, 0) is 0 Å². The van der Waals surface area contributed by atoms with Crippen molar-refractivity contribution in [2.45, 2.75) is 0 Å². The standard InChI is InChI=1S/C17H16BrN3O3/c18-16-7-2-1-6-15(16)17(22)20-10-8-19(9-11-20)13-4-3-5-14(12-13)21(23)24/h1-7,12H,8-11H2. The molecule has 0 radical (unpaired) electrons. The second-order valence-electron chi connectivity index (χ2n) is 5.54. The van der Waals surface area contributed by atoms with Crippen LogP contribution in [0.4, 0.5) is 11.4 Å². The maximum atomic E-state index is 12.6. The van der Waals surface area contributed by atoms with Crippen LogP contribution in [-0.4, -0.2) is 41.9 Å². The van der Waals surface area contributed by atoms with Gasteiger partial charge in [0, 0.05) is 48.5 Å². The van der Waals surface area contributed by atoms with E-state index in [1.807, 2.05) is 29.2 Å². The van der Waals surface area contributed by atoms with E-state index in [2.05, 4.69) is 20.8 Å². The molecule has 2 aromatic carbocycles. The number of amides is 1. The molecule has 0 N–H and O–H groups in total. The Morgan fingerprint density at radius 3 is 2.42 bits per heavy atom. The predicted octanol–water partition coefficient (Wildman–Crippen LogP) is 3.32. The normalized spacial score (nSPS) is 14.5. The molecule has 1 saturated heterocycles. The number of nitrogens with zero attached hydrogens (tertiary/aromatic N) is 3. The van der Waals surface area contributed by atoms with Crippen LogP contribution in [0.2, 0.25) is 0 Å². The van der Waals surface area contributed by atoms with Gasteiger partial charge in [-0.1, -0.05) is 18.2 Å². The SMILES string of the molecule is O=C(c1ccccc1Br)N1CCN(c2cccc([N+](=O)[O-])c2)CC1. The van der Waals surface area contributed by atoms with Gasteiger partial charge in [-0.2, -0.15) is 0 Å². The Kier molecular flexibility index (Phi) is 4.80. The van der Waals surface area contributed by atoms with Crippen LogP contribution in [0.25, 0.3) is 0 Å². The smallest absolute Gasteiger partial charge is 0.271 e. The molecule has 1 aliphatic heterocycles. The number of halogens is 1. The highest BCUT2D eigenvalue weighted by Gasteiger charge is 2.24. The molecule has 1 heterocycles. The van der Waals surface area contributed by atoms with Gasteiger partial charge in [-0.25, -0.2) is 0 Å². The molecular weight excluding hydrogens is 374 g/mol. The van der Waals surface area contributed by atoms with Crippen LogP contribution < -0.4 is 4.90 Å². The zero-order valence-corrected chi connectivity index (χ0v) is 14.5. The molecule has 0 bridgehead atoms. The Balaban J connectivity index is 1.68. The molecule has 124 valence electrons. The van der Waals surface area contributed by atoms with Gasteiger partial charge in [0.15, 0.2) is 0 Å². The van der Waals surface area contributed by atoms with Gasteiger partial charge in [-0.15, -0.1) is 0 Å². The van der Waals surface area contributed by atoms with Crippen molar-refractivity contribution in [3.05, 3.63) is 68.7 Å². The molecule has 0 unspecified atom stereocenters. The molecule has 3 rings (SSSR count). The summed E-state index contributed by atoms with van der Waals surface area (Å²) in [6.07, 6.45) is 0. The zero-order valence-electron chi connectivity index (χ0n) is 12.9. The molecule has 1 fully saturated rings. The molecule has 0 atom stereocenters. The molecule has 0 aromatic heterocycles. The first kappa shape index (κ1) is 16.4. The summed E-state index contributed by atoms with van der Waals surface area (Å²) in [5, 5.41) is 10.9. The van der Waals surface area contributed by atoms with Crippen molar-refractivity contribution in [3.8, 4) is 0 Å². The molecular formula is C17H16BrN3O3. The van der Waals surface area contributed by atoms with E-state index in [0.717, 1.165) is 10.2 Å². The summed E-state index contributed by atoms with van der Waals surface area (Å²) in [7, 11) is 0. The summed E-state index contributed by atoms with van der Waals surface area (Å²) in [6.45, 7) is 2.47. The maximum Gasteiger partial charge on any atom is 0.271 e. The number of hydrogen-bond donors (Lipinski definition) is 0. The Hall–Kier alpha value is -2.41. The van der Waals surface area contributed by atoms with Crippen molar-refractivity contribution in [1.82, 2.24) is 4.90 Å². The Labute approximate surface area is 148 Å². The summed E-state index contributed by atoms with van der Waals surface area (Å²) in [5.74, 6) is 0.00108. The van der Waals surface area contributed by atoms with E-state index in [1.54, 1.807) is 18.2 Å². The van der Waals surface area contributed by atoms with Crippen molar-refractivity contribution in [1.29, 1.82) is 0 Å². The average Bonchev–Trinajstić information content (AvgIpc) is 2.62. The first-order chi connectivity index (χ1) is 11.6. The van der Waals surface area contributed by atoms with Crippen LogP contribution in [0.15, 0.2) is 53.0 Å². The fraction of sp³-hybridized carbons (Fsp3) is 0.235.